The minimum absolute atomic E-state index is 0.0133. The number of esters is 1. The van der Waals surface area contributed by atoms with E-state index in [1.54, 1.807) is 24.3 Å². The van der Waals surface area contributed by atoms with Crippen molar-refractivity contribution in [2.24, 2.45) is 11.8 Å². The number of carbonyl (C=O) groups is 3. The van der Waals surface area contributed by atoms with Crippen molar-refractivity contribution < 1.29 is 52.3 Å². The van der Waals surface area contributed by atoms with Crippen LogP contribution in [0.1, 0.15) is 34.3 Å². The van der Waals surface area contributed by atoms with Gasteiger partial charge < -0.3 is 48.1 Å². The molecular formula is C34H36N2O11. The predicted molar refractivity (Wildman–Crippen MR) is 165 cm³/mol. The lowest BCUT2D eigenvalue weighted by Crippen LogP contribution is -2.39. The number of hydrogen-bond donors (Lipinski definition) is 1. The zero-order valence-electron chi connectivity index (χ0n) is 26.5. The number of ether oxygens (including phenoxy) is 8. The van der Waals surface area contributed by atoms with Crippen molar-refractivity contribution in [2.45, 2.75) is 18.6 Å². The van der Waals surface area contributed by atoms with Gasteiger partial charge in [0, 0.05) is 30.5 Å². The minimum atomic E-state index is -0.947. The zero-order valence-corrected chi connectivity index (χ0v) is 26.5. The highest BCUT2D eigenvalue weighted by Gasteiger charge is 2.54. The molecule has 0 saturated carbocycles. The van der Waals surface area contributed by atoms with Gasteiger partial charge in [0.2, 0.25) is 12.5 Å². The lowest BCUT2D eigenvalue weighted by Gasteiger charge is -2.38. The van der Waals surface area contributed by atoms with Gasteiger partial charge >= 0.3 is 18.2 Å². The Morgan fingerprint density at radius 3 is 2.28 bits per heavy atom. The lowest BCUT2D eigenvalue weighted by molar-refractivity contribution is -0.141. The Balaban J connectivity index is 1.35. The molecule has 4 atom stereocenters. The van der Waals surface area contributed by atoms with Gasteiger partial charge in [-0.25, -0.2) is 9.59 Å². The van der Waals surface area contributed by atoms with E-state index in [4.69, 9.17) is 37.9 Å². The van der Waals surface area contributed by atoms with Gasteiger partial charge in [0.05, 0.1) is 26.7 Å². The number of alkyl carbamates (subject to hydrolysis) is 1. The number of nitrogens with one attached hydrogen (secondary N) is 1. The first-order chi connectivity index (χ1) is 22.8. The Hall–Kier alpha value is -5.17. The predicted octanol–water partition coefficient (Wildman–Crippen LogP) is 4.41. The maximum Gasteiger partial charge on any atom is 0.514 e. The molecule has 2 aliphatic heterocycles. The zero-order chi connectivity index (χ0) is 33.1. The van der Waals surface area contributed by atoms with Crippen molar-refractivity contribution in [2.75, 3.05) is 54.8 Å². The second-order valence-corrected chi connectivity index (χ2v) is 11.6. The summed E-state index contributed by atoms with van der Waals surface area (Å²) in [6, 6.07) is 16.1. The van der Waals surface area contributed by atoms with Gasteiger partial charge in [-0.05, 0) is 55.1 Å². The number of fused-ring (bicyclic) bond motifs is 3. The van der Waals surface area contributed by atoms with Crippen molar-refractivity contribution in [3.8, 4) is 28.7 Å². The van der Waals surface area contributed by atoms with E-state index in [-0.39, 0.29) is 37.3 Å². The molecule has 3 aromatic rings. The topological polar surface area (TPSA) is 140 Å². The van der Waals surface area contributed by atoms with Crippen LogP contribution < -0.4 is 29.0 Å². The summed E-state index contributed by atoms with van der Waals surface area (Å²) in [4.78, 5) is 41.0. The quantitative estimate of drug-likeness (QED) is 0.189. The van der Waals surface area contributed by atoms with Crippen LogP contribution in [0.5, 0.6) is 28.7 Å². The lowest BCUT2D eigenvalue weighted by atomic mass is 9.66. The molecule has 0 spiro atoms. The average molecular weight is 649 g/mol. The van der Waals surface area contributed by atoms with Gasteiger partial charge in [0.1, 0.15) is 12.7 Å². The van der Waals surface area contributed by atoms with Gasteiger partial charge in [0.25, 0.3) is 0 Å². The van der Waals surface area contributed by atoms with Gasteiger partial charge in [-0.1, -0.05) is 30.3 Å². The number of likely N-dealkylation sites (N-methyl/N-ethyl adjacent to an activating group) is 1. The third-order valence-electron chi connectivity index (χ3n) is 8.41. The molecule has 3 aromatic carbocycles. The number of methoxy groups -OCH3 is 2. The molecule has 3 aliphatic rings. The number of rotatable bonds is 10. The summed E-state index contributed by atoms with van der Waals surface area (Å²) >= 11 is 0. The van der Waals surface area contributed by atoms with Crippen LogP contribution in [-0.4, -0.2) is 77.9 Å². The van der Waals surface area contributed by atoms with E-state index in [0.717, 1.165) is 5.56 Å². The standard InChI is InChI=1S/C34H36N2O11/c1-36(2)11-10-35-33(38)46-30-22-15-25-24(44-18-45-25)14-21(22)28(29-23(30)17-42-32(29)37)20-12-26(40-3)31(27(13-20)41-4)47-34(39)43-16-19-8-6-5-7-9-19/h5-9,12-15,23,28-30H,10-11,16-18H2,1-4H3,(H,35,38)/t23-,28+,29-,30+/m0/s1. The SMILES string of the molecule is COc1cc([C@@H]2c3cc4c(cc3[C@@H](OC(=O)NCCN(C)C)[C@H]3COC(=O)[C@H]23)OCO4)cc(OC)c1OC(=O)OCc1ccccc1. The smallest absolute Gasteiger partial charge is 0.493 e. The first-order valence-corrected chi connectivity index (χ1v) is 15.1. The summed E-state index contributed by atoms with van der Waals surface area (Å²) < 4.78 is 45.1. The molecular weight excluding hydrogens is 612 g/mol. The maximum absolute atomic E-state index is 13.4. The summed E-state index contributed by atoms with van der Waals surface area (Å²) in [5.74, 6) is -0.918. The van der Waals surface area contributed by atoms with Crippen LogP contribution in [0.3, 0.4) is 0 Å². The Labute approximate surface area is 271 Å². The van der Waals surface area contributed by atoms with Gasteiger partial charge in [-0.15, -0.1) is 0 Å². The van der Waals surface area contributed by atoms with Crippen molar-refractivity contribution in [3.05, 3.63) is 76.9 Å². The van der Waals surface area contributed by atoms with E-state index in [1.807, 2.05) is 49.3 Å². The molecule has 2 heterocycles. The highest BCUT2D eigenvalue weighted by Crippen LogP contribution is 2.56. The largest absolute Gasteiger partial charge is 0.514 e. The number of benzene rings is 3. The van der Waals surface area contributed by atoms with Crippen molar-refractivity contribution in [1.82, 2.24) is 10.2 Å². The Morgan fingerprint density at radius 2 is 1.62 bits per heavy atom. The van der Waals surface area contributed by atoms with Crippen LogP contribution in [0.4, 0.5) is 9.59 Å². The van der Waals surface area contributed by atoms with E-state index in [0.29, 0.717) is 41.3 Å². The fourth-order valence-corrected chi connectivity index (χ4v) is 6.21. The monoisotopic (exact) mass is 648 g/mol. The van der Waals surface area contributed by atoms with Crippen molar-refractivity contribution in [1.29, 1.82) is 0 Å². The summed E-state index contributed by atoms with van der Waals surface area (Å²) in [7, 11) is 6.66. The van der Waals surface area contributed by atoms with Crippen molar-refractivity contribution in [3.63, 3.8) is 0 Å². The fraction of sp³-hybridized carbons (Fsp3) is 0.382. The average Bonchev–Trinajstić information content (AvgIpc) is 3.69. The Kier molecular flexibility index (Phi) is 9.25. The number of amides is 1. The van der Waals surface area contributed by atoms with E-state index in [9.17, 15) is 14.4 Å². The molecule has 0 bridgehead atoms. The first-order valence-electron chi connectivity index (χ1n) is 15.1. The highest BCUT2D eigenvalue weighted by atomic mass is 16.7. The molecule has 1 fully saturated rings. The molecule has 0 aromatic heterocycles. The molecule has 248 valence electrons. The Morgan fingerprint density at radius 1 is 0.936 bits per heavy atom. The molecule has 1 N–H and O–H groups in total. The molecule has 13 nitrogen and oxygen atoms in total. The fourth-order valence-electron chi connectivity index (χ4n) is 6.21. The number of hydrogen-bond acceptors (Lipinski definition) is 12. The van der Waals surface area contributed by atoms with Crippen LogP contribution in [0.2, 0.25) is 0 Å². The van der Waals surface area contributed by atoms with Crippen LogP contribution in [0.25, 0.3) is 0 Å². The molecule has 1 amide bonds. The number of carbonyl (C=O) groups excluding carboxylic acids is 3. The molecule has 0 radical (unpaired) electrons. The summed E-state index contributed by atoms with van der Waals surface area (Å²) in [5, 5.41) is 2.78. The Bertz CT molecular complexity index is 1620. The molecule has 1 aliphatic carbocycles. The number of nitrogens with zero attached hydrogens (tertiary/aromatic N) is 1. The minimum Gasteiger partial charge on any atom is -0.493 e. The third kappa shape index (κ3) is 6.57. The second kappa shape index (κ2) is 13.7. The summed E-state index contributed by atoms with van der Waals surface area (Å²) in [6.45, 7) is 1.10. The second-order valence-electron chi connectivity index (χ2n) is 11.6. The third-order valence-corrected chi connectivity index (χ3v) is 8.41. The molecule has 1 saturated heterocycles. The van der Waals surface area contributed by atoms with Gasteiger partial charge in [0.15, 0.2) is 23.0 Å². The first kappa shape index (κ1) is 31.8. The van der Waals surface area contributed by atoms with Crippen LogP contribution in [0, 0.1) is 11.8 Å². The van der Waals surface area contributed by atoms with E-state index in [2.05, 4.69) is 5.32 Å². The van der Waals surface area contributed by atoms with E-state index < -0.39 is 42.1 Å². The molecule has 0 unspecified atom stereocenters. The van der Waals surface area contributed by atoms with Crippen molar-refractivity contribution >= 4 is 18.2 Å². The molecule has 6 rings (SSSR count). The van der Waals surface area contributed by atoms with Gasteiger partial charge in [-0.2, -0.15) is 0 Å². The highest BCUT2D eigenvalue weighted by molar-refractivity contribution is 5.79. The normalized spacial score (nSPS) is 20.5. The van der Waals surface area contributed by atoms with Crippen LogP contribution in [0.15, 0.2) is 54.6 Å². The van der Waals surface area contributed by atoms with Crippen LogP contribution in [-0.2, 0) is 25.6 Å². The van der Waals surface area contributed by atoms with Crippen LogP contribution >= 0.6 is 0 Å². The van der Waals surface area contributed by atoms with E-state index >= 15 is 0 Å². The molecule has 47 heavy (non-hydrogen) atoms. The number of cyclic esters (lactones) is 1. The summed E-state index contributed by atoms with van der Waals surface area (Å²) in [5.41, 5.74) is 2.75. The van der Waals surface area contributed by atoms with Gasteiger partial charge in [-0.3, -0.25) is 4.79 Å². The molecule has 13 heteroatoms. The maximum atomic E-state index is 13.4. The van der Waals surface area contributed by atoms with E-state index in [1.165, 1.54) is 14.2 Å². The summed E-state index contributed by atoms with van der Waals surface area (Å²) in [6.07, 6.45) is -2.37.